The summed E-state index contributed by atoms with van der Waals surface area (Å²) < 4.78 is 0. The summed E-state index contributed by atoms with van der Waals surface area (Å²) in [5, 5.41) is 13.7. The summed E-state index contributed by atoms with van der Waals surface area (Å²) in [6.07, 6.45) is 2.78. The number of nitrogens with one attached hydrogen (secondary N) is 1. The third-order valence-corrected chi connectivity index (χ3v) is 4.03. The van der Waals surface area contributed by atoms with Gasteiger partial charge >= 0.3 is 0 Å². The van der Waals surface area contributed by atoms with E-state index in [1.807, 2.05) is 0 Å². The van der Waals surface area contributed by atoms with E-state index in [1.165, 1.54) is 11.1 Å². The fraction of sp³-hybridized carbons (Fsp3) is 0.571. The van der Waals surface area contributed by atoms with Crippen molar-refractivity contribution in [2.24, 2.45) is 0 Å². The number of piperidine rings is 1. The maximum Gasteiger partial charge on any atom is 0.112 e. The lowest BCUT2D eigenvalue weighted by Crippen LogP contribution is -2.50. The minimum Gasteiger partial charge on any atom is -0.378 e. The van der Waals surface area contributed by atoms with Crippen LogP contribution in [0.3, 0.4) is 0 Å². The SMILES string of the molecule is OC1Cc2ccccc2CN1C1CCNCC1. The first-order chi connectivity index (χ1) is 8.34. The van der Waals surface area contributed by atoms with E-state index in [0.717, 1.165) is 38.9 Å². The van der Waals surface area contributed by atoms with Gasteiger partial charge in [0.2, 0.25) is 0 Å². The molecule has 1 saturated heterocycles. The van der Waals surface area contributed by atoms with Gasteiger partial charge < -0.3 is 10.4 Å². The smallest absolute Gasteiger partial charge is 0.112 e. The molecule has 2 N–H and O–H groups in total. The van der Waals surface area contributed by atoms with Crippen LogP contribution in [0.15, 0.2) is 24.3 Å². The molecule has 1 atom stereocenters. The third kappa shape index (κ3) is 2.23. The molecule has 0 saturated carbocycles. The quantitative estimate of drug-likeness (QED) is 0.761. The van der Waals surface area contributed by atoms with Crippen molar-refractivity contribution in [2.75, 3.05) is 13.1 Å². The monoisotopic (exact) mass is 232 g/mol. The molecule has 2 heterocycles. The van der Waals surface area contributed by atoms with Crippen molar-refractivity contribution in [1.82, 2.24) is 10.2 Å². The van der Waals surface area contributed by atoms with Crippen LogP contribution >= 0.6 is 0 Å². The molecule has 17 heavy (non-hydrogen) atoms. The van der Waals surface area contributed by atoms with Crippen LogP contribution in [0.4, 0.5) is 0 Å². The van der Waals surface area contributed by atoms with Crippen LogP contribution in [-0.4, -0.2) is 35.4 Å². The second-order valence-electron chi connectivity index (χ2n) is 5.11. The molecule has 0 amide bonds. The number of hydrogen-bond donors (Lipinski definition) is 2. The second-order valence-corrected chi connectivity index (χ2v) is 5.11. The van der Waals surface area contributed by atoms with Gasteiger partial charge in [0.15, 0.2) is 0 Å². The Bertz CT molecular complexity index is 388. The Hall–Kier alpha value is -0.900. The molecule has 2 aliphatic heterocycles. The zero-order valence-corrected chi connectivity index (χ0v) is 10.1. The van der Waals surface area contributed by atoms with Gasteiger partial charge in [-0.25, -0.2) is 0 Å². The molecule has 0 bridgehead atoms. The number of hydrogen-bond acceptors (Lipinski definition) is 3. The van der Waals surface area contributed by atoms with E-state index in [9.17, 15) is 5.11 Å². The molecule has 3 nitrogen and oxygen atoms in total. The van der Waals surface area contributed by atoms with Crippen LogP contribution in [0.1, 0.15) is 24.0 Å². The first-order valence-electron chi connectivity index (χ1n) is 6.56. The Morgan fingerprint density at radius 1 is 1.12 bits per heavy atom. The molecule has 0 aliphatic carbocycles. The first-order valence-corrected chi connectivity index (χ1v) is 6.56. The van der Waals surface area contributed by atoms with Crippen molar-refractivity contribution < 1.29 is 5.11 Å². The van der Waals surface area contributed by atoms with Gasteiger partial charge in [0.05, 0.1) is 0 Å². The van der Waals surface area contributed by atoms with E-state index in [1.54, 1.807) is 0 Å². The molecule has 92 valence electrons. The lowest BCUT2D eigenvalue weighted by molar-refractivity contribution is -0.0459. The van der Waals surface area contributed by atoms with Gasteiger partial charge in [-0.1, -0.05) is 24.3 Å². The zero-order valence-electron chi connectivity index (χ0n) is 10.1. The molecule has 1 aromatic rings. The second kappa shape index (κ2) is 4.77. The van der Waals surface area contributed by atoms with E-state index in [-0.39, 0.29) is 6.23 Å². The number of aliphatic hydroxyl groups is 1. The minimum atomic E-state index is -0.298. The summed E-state index contributed by atoms with van der Waals surface area (Å²) in [5.41, 5.74) is 2.70. The summed E-state index contributed by atoms with van der Waals surface area (Å²) in [5.74, 6) is 0. The van der Waals surface area contributed by atoms with Gasteiger partial charge in [-0.3, -0.25) is 4.90 Å². The van der Waals surface area contributed by atoms with E-state index in [4.69, 9.17) is 0 Å². The van der Waals surface area contributed by atoms with Crippen molar-refractivity contribution in [1.29, 1.82) is 0 Å². The molecular formula is C14H20N2O. The van der Waals surface area contributed by atoms with Crippen LogP contribution in [0.25, 0.3) is 0 Å². The summed E-state index contributed by atoms with van der Waals surface area (Å²) in [4.78, 5) is 2.28. The highest BCUT2D eigenvalue weighted by Gasteiger charge is 2.30. The molecule has 1 aromatic carbocycles. The van der Waals surface area contributed by atoms with Gasteiger partial charge in [-0.2, -0.15) is 0 Å². The molecule has 2 aliphatic rings. The fourth-order valence-corrected chi connectivity index (χ4v) is 3.04. The summed E-state index contributed by atoms with van der Waals surface area (Å²) in [6.45, 7) is 3.06. The van der Waals surface area contributed by atoms with Crippen molar-refractivity contribution in [2.45, 2.75) is 38.1 Å². The molecule has 0 radical (unpaired) electrons. The van der Waals surface area contributed by atoms with Gasteiger partial charge in [0.1, 0.15) is 6.23 Å². The van der Waals surface area contributed by atoms with Crippen LogP contribution in [0, 0.1) is 0 Å². The van der Waals surface area contributed by atoms with Gasteiger partial charge in [0.25, 0.3) is 0 Å². The van der Waals surface area contributed by atoms with E-state index >= 15 is 0 Å². The maximum absolute atomic E-state index is 10.3. The molecule has 1 unspecified atom stereocenters. The third-order valence-electron chi connectivity index (χ3n) is 4.03. The van der Waals surface area contributed by atoms with Crippen LogP contribution < -0.4 is 5.32 Å². The molecule has 3 heteroatoms. The average molecular weight is 232 g/mol. The highest BCUT2D eigenvalue weighted by Crippen LogP contribution is 2.26. The Balaban J connectivity index is 1.79. The first kappa shape index (κ1) is 11.2. The minimum absolute atomic E-state index is 0.298. The predicted molar refractivity (Wildman–Crippen MR) is 67.6 cm³/mol. The largest absolute Gasteiger partial charge is 0.378 e. The predicted octanol–water partition coefficient (Wildman–Crippen LogP) is 1.12. The van der Waals surface area contributed by atoms with Crippen molar-refractivity contribution in [3.63, 3.8) is 0 Å². The molecular weight excluding hydrogens is 212 g/mol. The van der Waals surface area contributed by atoms with Gasteiger partial charge in [-0.15, -0.1) is 0 Å². The van der Waals surface area contributed by atoms with E-state index in [2.05, 4.69) is 34.5 Å². The van der Waals surface area contributed by atoms with E-state index < -0.39 is 0 Å². The molecule has 0 spiro atoms. The van der Waals surface area contributed by atoms with Crippen LogP contribution in [0.5, 0.6) is 0 Å². The molecule has 3 rings (SSSR count). The number of aliphatic hydroxyl groups excluding tert-OH is 1. The lowest BCUT2D eigenvalue weighted by Gasteiger charge is -2.41. The Kier molecular flexibility index (Phi) is 3.14. The van der Waals surface area contributed by atoms with Crippen LogP contribution in [0.2, 0.25) is 0 Å². The number of nitrogens with zero attached hydrogens (tertiary/aromatic N) is 1. The summed E-state index contributed by atoms with van der Waals surface area (Å²) >= 11 is 0. The Morgan fingerprint density at radius 3 is 2.59 bits per heavy atom. The number of rotatable bonds is 1. The standard InChI is InChI=1S/C14H20N2O/c17-14-9-11-3-1-2-4-12(11)10-16(14)13-5-7-15-8-6-13/h1-4,13-15,17H,5-10H2. The van der Waals surface area contributed by atoms with Crippen LogP contribution in [-0.2, 0) is 13.0 Å². The fourth-order valence-electron chi connectivity index (χ4n) is 3.04. The average Bonchev–Trinajstić information content (AvgIpc) is 2.39. The maximum atomic E-state index is 10.3. The lowest BCUT2D eigenvalue weighted by atomic mass is 9.95. The van der Waals surface area contributed by atoms with Crippen molar-refractivity contribution >= 4 is 0 Å². The molecule has 1 fully saturated rings. The number of fused-ring (bicyclic) bond motifs is 1. The topological polar surface area (TPSA) is 35.5 Å². The number of benzene rings is 1. The normalized spacial score (nSPS) is 26.8. The summed E-state index contributed by atoms with van der Waals surface area (Å²) in [6, 6.07) is 9.02. The Labute approximate surface area is 102 Å². The van der Waals surface area contributed by atoms with Gasteiger partial charge in [0, 0.05) is 19.0 Å². The molecule has 0 aromatic heterocycles. The summed E-state index contributed by atoms with van der Waals surface area (Å²) in [7, 11) is 0. The van der Waals surface area contributed by atoms with Crippen molar-refractivity contribution in [3.05, 3.63) is 35.4 Å². The van der Waals surface area contributed by atoms with Crippen molar-refractivity contribution in [3.8, 4) is 0 Å². The van der Waals surface area contributed by atoms with E-state index in [0.29, 0.717) is 6.04 Å². The zero-order chi connectivity index (χ0) is 11.7. The Morgan fingerprint density at radius 2 is 1.82 bits per heavy atom. The highest BCUT2D eigenvalue weighted by molar-refractivity contribution is 5.29. The highest BCUT2D eigenvalue weighted by atomic mass is 16.3. The van der Waals surface area contributed by atoms with Gasteiger partial charge in [-0.05, 0) is 37.1 Å².